The van der Waals surface area contributed by atoms with Gasteiger partial charge in [0.15, 0.2) is 0 Å². The number of aliphatic hydroxyl groups is 1. The van der Waals surface area contributed by atoms with Crippen molar-refractivity contribution in [3.8, 4) is 0 Å². The van der Waals surface area contributed by atoms with Gasteiger partial charge in [0.25, 0.3) is 0 Å². The van der Waals surface area contributed by atoms with E-state index in [-0.39, 0.29) is 0 Å². The summed E-state index contributed by atoms with van der Waals surface area (Å²) in [7, 11) is 0. The Balaban J connectivity index is 2.09. The third-order valence-corrected chi connectivity index (χ3v) is 3.81. The molecule has 3 atom stereocenters. The Bertz CT molecular complexity index is 247. The van der Waals surface area contributed by atoms with E-state index in [1.54, 1.807) is 0 Å². The summed E-state index contributed by atoms with van der Waals surface area (Å²) in [5.74, 6) is 2.17. The molecule has 1 saturated carbocycles. The van der Waals surface area contributed by atoms with Crippen LogP contribution in [0.4, 0.5) is 0 Å². The van der Waals surface area contributed by atoms with Gasteiger partial charge in [0.1, 0.15) is 11.4 Å². The van der Waals surface area contributed by atoms with E-state index in [0.29, 0.717) is 5.92 Å². The van der Waals surface area contributed by atoms with E-state index in [9.17, 15) is 5.11 Å². The van der Waals surface area contributed by atoms with Crippen molar-refractivity contribution in [2.75, 3.05) is 6.61 Å². The highest BCUT2D eigenvalue weighted by Gasteiger charge is 2.40. The lowest BCUT2D eigenvalue weighted by Crippen LogP contribution is -2.39. The van der Waals surface area contributed by atoms with Gasteiger partial charge >= 0.3 is 0 Å². The van der Waals surface area contributed by atoms with Crippen molar-refractivity contribution in [2.45, 2.75) is 45.1 Å². The Hall–Kier alpha value is -0.500. The van der Waals surface area contributed by atoms with E-state index < -0.39 is 5.60 Å². The number of hydrogen-bond acceptors (Lipinski definition) is 2. The van der Waals surface area contributed by atoms with Crippen molar-refractivity contribution in [1.82, 2.24) is 0 Å². The molecule has 3 unspecified atom stereocenters. The average molecular weight is 196 g/mol. The molecule has 0 amide bonds. The zero-order valence-electron chi connectivity index (χ0n) is 9.12. The zero-order valence-corrected chi connectivity index (χ0v) is 9.12. The third-order valence-electron chi connectivity index (χ3n) is 3.81. The van der Waals surface area contributed by atoms with Gasteiger partial charge in [-0.05, 0) is 37.2 Å². The smallest absolute Gasteiger partial charge is 0.124 e. The summed E-state index contributed by atoms with van der Waals surface area (Å²) in [4.78, 5) is 0. The van der Waals surface area contributed by atoms with Gasteiger partial charge in [0, 0.05) is 6.42 Å². The van der Waals surface area contributed by atoms with Crippen molar-refractivity contribution in [1.29, 1.82) is 0 Å². The van der Waals surface area contributed by atoms with Gasteiger partial charge in [-0.1, -0.05) is 13.8 Å². The zero-order chi connectivity index (χ0) is 10.2. The van der Waals surface area contributed by atoms with E-state index in [0.717, 1.165) is 44.0 Å². The molecule has 0 aromatic carbocycles. The summed E-state index contributed by atoms with van der Waals surface area (Å²) in [5, 5.41) is 10.5. The van der Waals surface area contributed by atoms with Crippen LogP contribution in [-0.2, 0) is 4.74 Å². The maximum Gasteiger partial charge on any atom is 0.124 e. The molecular weight excluding hydrogens is 176 g/mol. The highest BCUT2D eigenvalue weighted by Crippen LogP contribution is 2.41. The monoisotopic (exact) mass is 196 g/mol. The molecule has 80 valence electrons. The van der Waals surface area contributed by atoms with E-state index in [2.05, 4.69) is 19.9 Å². The molecule has 0 aromatic heterocycles. The van der Waals surface area contributed by atoms with Crippen LogP contribution in [0.15, 0.2) is 11.8 Å². The van der Waals surface area contributed by atoms with Crippen molar-refractivity contribution in [2.24, 2.45) is 11.8 Å². The van der Waals surface area contributed by atoms with Crippen LogP contribution in [-0.4, -0.2) is 17.3 Å². The second-order valence-corrected chi connectivity index (χ2v) is 4.93. The summed E-state index contributed by atoms with van der Waals surface area (Å²) in [6.07, 6.45) is 5.85. The van der Waals surface area contributed by atoms with Gasteiger partial charge in [-0.15, -0.1) is 0 Å². The Labute approximate surface area is 86.0 Å². The maximum atomic E-state index is 10.5. The molecule has 0 bridgehead atoms. The minimum absolute atomic E-state index is 0.596. The second-order valence-electron chi connectivity index (χ2n) is 4.93. The van der Waals surface area contributed by atoms with Gasteiger partial charge in [-0.3, -0.25) is 0 Å². The summed E-state index contributed by atoms with van der Waals surface area (Å²) in [6, 6.07) is 0. The summed E-state index contributed by atoms with van der Waals surface area (Å²) >= 11 is 0. The minimum Gasteiger partial charge on any atom is -0.495 e. The topological polar surface area (TPSA) is 29.5 Å². The van der Waals surface area contributed by atoms with Gasteiger partial charge < -0.3 is 9.84 Å². The second kappa shape index (κ2) is 3.58. The van der Waals surface area contributed by atoms with Crippen LogP contribution in [0.25, 0.3) is 0 Å². The van der Waals surface area contributed by atoms with Crippen LogP contribution < -0.4 is 0 Å². The van der Waals surface area contributed by atoms with Gasteiger partial charge in [0.2, 0.25) is 0 Å². The lowest BCUT2D eigenvalue weighted by Gasteiger charge is -2.39. The van der Waals surface area contributed by atoms with Crippen LogP contribution in [0.5, 0.6) is 0 Å². The first-order valence-corrected chi connectivity index (χ1v) is 5.67. The molecule has 0 spiro atoms. The van der Waals surface area contributed by atoms with Crippen molar-refractivity contribution in [3.63, 3.8) is 0 Å². The van der Waals surface area contributed by atoms with Crippen molar-refractivity contribution < 1.29 is 9.84 Å². The van der Waals surface area contributed by atoms with E-state index in [1.165, 1.54) is 0 Å². The SMILES string of the molecule is CC1CCC(O)(C2=CCCO2)CC1C. The van der Waals surface area contributed by atoms with E-state index in [4.69, 9.17) is 4.74 Å². The first-order chi connectivity index (χ1) is 6.62. The van der Waals surface area contributed by atoms with E-state index >= 15 is 0 Å². The minimum atomic E-state index is -0.650. The Morgan fingerprint density at radius 2 is 2.21 bits per heavy atom. The molecular formula is C12H20O2. The lowest BCUT2D eigenvalue weighted by atomic mass is 9.72. The number of ether oxygens (including phenoxy) is 1. The first-order valence-electron chi connectivity index (χ1n) is 5.67. The molecule has 1 aliphatic carbocycles. The molecule has 1 heterocycles. The molecule has 2 aliphatic rings. The van der Waals surface area contributed by atoms with Crippen molar-refractivity contribution in [3.05, 3.63) is 11.8 Å². The molecule has 2 rings (SSSR count). The molecule has 14 heavy (non-hydrogen) atoms. The molecule has 2 nitrogen and oxygen atoms in total. The molecule has 2 heteroatoms. The van der Waals surface area contributed by atoms with Crippen LogP contribution in [0.1, 0.15) is 39.5 Å². The number of hydrogen-bond donors (Lipinski definition) is 1. The third kappa shape index (κ3) is 1.68. The maximum absolute atomic E-state index is 10.5. The molecule has 1 fully saturated rings. The van der Waals surface area contributed by atoms with Crippen LogP contribution in [0.3, 0.4) is 0 Å². The molecule has 0 saturated heterocycles. The van der Waals surface area contributed by atoms with Crippen LogP contribution >= 0.6 is 0 Å². The molecule has 1 aliphatic heterocycles. The number of rotatable bonds is 1. The lowest BCUT2D eigenvalue weighted by molar-refractivity contribution is -0.0366. The first kappa shape index (κ1) is 10.0. The van der Waals surface area contributed by atoms with Crippen molar-refractivity contribution >= 4 is 0 Å². The Morgan fingerprint density at radius 3 is 2.79 bits per heavy atom. The largest absolute Gasteiger partial charge is 0.495 e. The predicted octanol–water partition coefficient (Wildman–Crippen LogP) is 2.48. The fraction of sp³-hybridized carbons (Fsp3) is 0.833. The highest BCUT2D eigenvalue weighted by molar-refractivity contribution is 5.14. The van der Waals surface area contributed by atoms with Gasteiger partial charge in [-0.25, -0.2) is 0 Å². The normalized spacial score (nSPS) is 43.2. The molecule has 0 aromatic rings. The van der Waals surface area contributed by atoms with E-state index in [1.807, 2.05) is 0 Å². The average Bonchev–Trinajstić information content (AvgIpc) is 2.65. The fourth-order valence-electron chi connectivity index (χ4n) is 2.55. The summed E-state index contributed by atoms with van der Waals surface area (Å²) in [5.41, 5.74) is -0.650. The Kier molecular flexibility index (Phi) is 2.56. The fourth-order valence-corrected chi connectivity index (χ4v) is 2.55. The summed E-state index contributed by atoms with van der Waals surface area (Å²) in [6.45, 7) is 5.25. The van der Waals surface area contributed by atoms with Gasteiger partial charge in [0.05, 0.1) is 6.61 Å². The quantitative estimate of drug-likeness (QED) is 0.698. The van der Waals surface area contributed by atoms with Crippen LogP contribution in [0.2, 0.25) is 0 Å². The van der Waals surface area contributed by atoms with Crippen LogP contribution in [0, 0.1) is 11.8 Å². The molecule has 0 radical (unpaired) electrons. The highest BCUT2D eigenvalue weighted by atomic mass is 16.5. The molecule has 1 N–H and O–H groups in total. The standard InChI is InChI=1S/C12H20O2/c1-9-5-6-12(13,8-10(9)2)11-4-3-7-14-11/h4,9-10,13H,3,5-8H2,1-2H3. The predicted molar refractivity (Wildman–Crippen MR) is 55.8 cm³/mol. The Morgan fingerprint density at radius 1 is 1.43 bits per heavy atom. The van der Waals surface area contributed by atoms with Gasteiger partial charge in [-0.2, -0.15) is 0 Å². The summed E-state index contributed by atoms with van der Waals surface area (Å²) < 4.78 is 5.49.